The van der Waals surface area contributed by atoms with E-state index >= 15 is 0 Å². The van der Waals surface area contributed by atoms with E-state index in [0.29, 0.717) is 17.3 Å². The van der Waals surface area contributed by atoms with Crippen molar-refractivity contribution in [2.75, 3.05) is 5.73 Å². The second-order valence-corrected chi connectivity index (χ2v) is 4.74. The number of aromatic nitrogens is 3. The monoisotopic (exact) mass is 292 g/mol. The summed E-state index contributed by atoms with van der Waals surface area (Å²) in [4.78, 5) is 13.1. The standard InChI is InChI=1S/C17H16N4O/c1-2-16-19-11-9-15(21-16)14-4-3-10-20-17(14)22-13-7-5-12(18)6-8-13/h3-11H,2,18H2,1H3. The van der Waals surface area contributed by atoms with Crippen molar-refractivity contribution < 1.29 is 4.74 Å². The third-order valence-electron chi connectivity index (χ3n) is 3.16. The van der Waals surface area contributed by atoms with Crippen LogP contribution in [0.1, 0.15) is 12.7 Å². The molecule has 0 amide bonds. The van der Waals surface area contributed by atoms with Crippen molar-refractivity contribution in [2.24, 2.45) is 0 Å². The maximum absolute atomic E-state index is 5.87. The lowest BCUT2D eigenvalue weighted by Gasteiger charge is -2.10. The number of hydrogen-bond acceptors (Lipinski definition) is 5. The zero-order valence-electron chi connectivity index (χ0n) is 12.2. The quantitative estimate of drug-likeness (QED) is 0.745. The molecule has 0 spiro atoms. The summed E-state index contributed by atoms with van der Waals surface area (Å²) in [6, 6.07) is 12.8. The predicted octanol–water partition coefficient (Wildman–Crippen LogP) is 3.48. The molecule has 1 aromatic carbocycles. The molecule has 0 saturated heterocycles. The molecule has 22 heavy (non-hydrogen) atoms. The summed E-state index contributed by atoms with van der Waals surface area (Å²) in [6.07, 6.45) is 4.22. The molecular formula is C17H16N4O. The lowest BCUT2D eigenvalue weighted by Crippen LogP contribution is -1.97. The van der Waals surface area contributed by atoms with Gasteiger partial charge in [-0.2, -0.15) is 0 Å². The van der Waals surface area contributed by atoms with Crippen molar-refractivity contribution in [3.05, 3.63) is 60.7 Å². The molecule has 2 heterocycles. The zero-order valence-corrected chi connectivity index (χ0v) is 12.2. The van der Waals surface area contributed by atoms with Gasteiger partial charge in [0.15, 0.2) is 0 Å². The molecule has 0 aliphatic rings. The van der Waals surface area contributed by atoms with Gasteiger partial charge in [0.25, 0.3) is 0 Å². The predicted molar refractivity (Wildman–Crippen MR) is 85.6 cm³/mol. The highest BCUT2D eigenvalue weighted by atomic mass is 16.5. The molecule has 5 heteroatoms. The van der Waals surface area contributed by atoms with Crippen LogP contribution in [0.4, 0.5) is 5.69 Å². The number of hydrogen-bond donors (Lipinski definition) is 1. The van der Waals surface area contributed by atoms with Crippen LogP contribution in [-0.4, -0.2) is 15.0 Å². The fourth-order valence-electron chi connectivity index (χ4n) is 2.03. The van der Waals surface area contributed by atoms with Gasteiger partial charge in [0, 0.05) is 24.5 Å². The maximum atomic E-state index is 5.87. The van der Waals surface area contributed by atoms with Crippen LogP contribution >= 0.6 is 0 Å². The van der Waals surface area contributed by atoms with Gasteiger partial charge in [0.2, 0.25) is 5.88 Å². The molecule has 0 aliphatic carbocycles. The zero-order chi connectivity index (χ0) is 15.4. The van der Waals surface area contributed by atoms with Crippen LogP contribution in [0.5, 0.6) is 11.6 Å². The summed E-state index contributed by atoms with van der Waals surface area (Å²) in [5, 5.41) is 0. The number of rotatable bonds is 4. The number of nitrogens with two attached hydrogens (primary N) is 1. The van der Waals surface area contributed by atoms with Crippen LogP contribution in [0.3, 0.4) is 0 Å². The Kier molecular flexibility index (Phi) is 3.96. The fourth-order valence-corrected chi connectivity index (χ4v) is 2.03. The van der Waals surface area contributed by atoms with Crippen molar-refractivity contribution in [1.29, 1.82) is 0 Å². The van der Waals surface area contributed by atoms with Crippen LogP contribution in [-0.2, 0) is 6.42 Å². The molecule has 5 nitrogen and oxygen atoms in total. The van der Waals surface area contributed by atoms with E-state index in [9.17, 15) is 0 Å². The number of nitrogens with zero attached hydrogens (tertiary/aromatic N) is 3. The Morgan fingerprint density at radius 2 is 1.82 bits per heavy atom. The molecule has 0 unspecified atom stereocenters. The number of pyridine rings is 1. The number of anilines is 1. The van der Waals surface area contributed by atoms with Gasteiger partial charge in [-0.3, -0.25) is 0 Å². The molecule has 0 atom stereocenters. The molecule has 0 radical (unpaired) electrons. The lowest BCUT2D eigenvalue weighted by molar-refractivity contribution is 0.465. The van der Waals surface area contributed by atoms with Crippen molar-refractivity contribution in [3.63, 3.8) is 0 Å². The Bertz CT molecular complexity index is 772. The average molecular weight is 292 g/mol. The summed E-state index contributed by atoms with van der Waals surface area (Å²) in [7, 11) is 0. The Balaban J connectivity index is 1.97. The van der Waals surface area contributed by atoms with E-state index in [-0.39, 0.29) is 0 Å². The molecule has 2 N–H and O–H groups in total. The topological polar surface area (TPSA) is 73.9 Å². The Morgan fingerprint density at radius 1 is 1.00 bits per heavy atom. The Labute approximate surface area is 128 Å². The van der Waals surface area contributed by atoms with Crippen LogP contribution in [0, 0.1) is 0 Å². The van der Waals surface area contributed by atoms with Gasteiger partial charge in [0.05, 0.1) is 11.3 Å². The number of aryl methyl sites for hydroxylation is 1. The van der Waals surface area contributed by atoms with E-state index in [1.807, 2.05) is 37.3 Å². The molecule has 2 aromatic heterocycles. The fraction of sp³-hybridized carbons (Fsp3) is 0.118. The number of ether oxygens (including phenoxy) is 1. The molecule has 110 valence electrons. The van der Waals surface area contributed by atoms with Crippen LogP contribution in [0.15, 0.2) is 54.9 Å². The molecule has 0 bridgehead atoms. The van der Waals surface area contributed by atoms with E-state index in [1.165, 1.54) is 0 Å². The van der Waals surface area contributed by atoms with Gasteiger partial charge in [-0.05, 0) is 42.5 Å². The van der Waals surface area contributed by atoms with E-state index in [4.69, 9.17) is 10.5 Å². The smallest absolute Gasteiger partial charge is 0.228 e. The summed E-state index contributed by atoms with van der Waals surface area (Å²) in [5.74, 6) is 1.98. The van der Waals surface area contributed by atoms with Crippen LogP contribution < -0.4 is 10.5 Å². The summed E-state index contributed by atoms with van der Waals surface area (Å²) < 4.78 is 5.87. The SMILES string of the molecule is CCc1nccc(-c2cccnc2Oc2ccc(N)cc2)n1. The first-order valence-electron chi connectivity index (χ1n) is 7.07. The van der Waals surface area contributed by atoms with Gasteiger partial charge < -0.3 is 10.5 Å². The van der Waals surface area contributed by atoms with E-state index in [1.54, 1.807) is 24.5 Å². The van der Waals surface area contributed by atoms with Gasteiger partial charge >= 0.3 is 0 Å². The highest BCUT2D eigenvalue weighted by Crippen LogP contribution is 2.30. The van der Waals surface area contributed by atoms with E-state index < -0.39 is 0 Å². The first-order valence-corrected chi connectivity index (χ1v) is 7.07. The minimum absolute atomic E-state index is 0.507. The normalized spacial score (nSPS) is 10.4. The summed E-state index contributed by atoms with van der Waals surface area (Å²) in [6.45, 7) is 2.02. The largest absolute Gasteiger partial charge is 0.438 e. The third kappa shape index (κ3) is 3.03. The van der Waals surface area contributed by atoms with Crippen molar-refractivity contribution in [1.82, 2.24) is 15.0 Å². The van der Waals surface area contributed by atoms with Gasteiger partial charge in [-0.1, -0.05) is 6.92 Å². The lowest BCUT2D eigenvalue weighted by atomic mass is 10.2. The van der Waals surface area contributed by atoms with Crippen LogP contribution in [0.25, 0.3) is 11.3 Å². The third-order valence-corrected chi connectivity index (χ3v) is 3.16. The van der Waals surface area contributed by atoms with Crippen molar-refractivity contribution in [2.45, 2.75) is 13.3 Å². The second kappa shape index (κ2) is 6.22. The maximum Gasteiger partial charge on any atom is 0.228 e. The van der Waals surface area contributed by atoms with E-state index in [2.05, 4.69) is 15.0 Å². The number of benzene rings is 1. The van der Waals surface area contributed by atoms with Crippen molar-refractivity contribution >= 4 is 5.69 Å². The van der Waals surface area contributed by atoms with E-state index in [0.717, 1.165) is 23.5 Å². The molecule has 0 aliphatic heterocycles. The van der Waals surface area contributed by atoms with Gasteiger partial charge in [-0.15, -0.1) is 0 Å². The summed E-state index contributed by atoms with van der Waals surface area (Å²) >= 11 is 0. The minimum atomic E-state index is 0.507. The van der Waals surface area contributed by atoms with Gasteiger partial charge in [0.1, 0.15) is 11.6 Å². The molecule has 3 rings (SSSR count). The van der Waals surface area contributed by atoms with Gasteiger partial charge in [-0.25, -0.2) is 15.0 Å². The van der Waals surface area contributed by atoms with Crippen LogP contribution in [0.2, 0.25) is 0 Å². The molecular weight excluding hydrogens is 276 g/mol. The average Bonchev–Trinajstić information content (AvgIpc) is 2.57. The Morgan fingerprint density at radius 3 is 2.59 bits per heavy atom. The molecule has 0 fully saturated rings. The number of nitrogen functional groups attached to an aromatic ring is 1. The first kappa shape index (κ1) is 14.0. The minimum Gasteiger partial charge on any atom is -0.438 e. The second-order valence-electron chi connectivity index (χ2n) is 4.74. The van der Waals surface area contributed by atoms with Crippen molar-refractivity contribution in [3.8, 4) is 22.9 Å². The molecule has 3 aromatic rings. The highest BCUT2D eigenvalue weighted by Gasteiger charge is 2.10. The summed E-state index contributed by atoms with van der Waals surface area (Å²) in [5.41, 5.74) is 8.00. The first-order chi connectivity index (χ1) is 10.8. The molecule has 0 saturated carbocycles. The highest BCUT2D eigenvalue weighted by molar-refractivity contribution is 5.65. The Hall–Kier alpha value is -2.95.